The van der Waals surface area contributed by atoms with E-state index in [1.165, 1.54) is 0 Å². The third-order valence-corrected chi connectivity index (χ3v) is 3.16. The average Bonchev–Trinajstić information content (AvgIpc) is 2.93. The Balaban J connectivity index is 2.23. The van der Waals surface area contributed by atoms with E-state index < -0.39 is 0 Å². The fraction of sp³-hybridized carbons (Fsp3) is 0.400. The Morgan fingerprint density at radius 1 is 1.30 bits per heavy atom. The monoisotopic (exact) mass is 275 g/mol. The van der Waals surface area contributed by atoms with Crippen LogP contribution in [0.2, 0.25) is 0 Å². The second kappa shape index (κ2) is 6.43. The summed E-state index contributed by atoms with van der Waals surface area (Å²) in [5, 5.41) is 0. The highest BCUT2D eigenvalue weighted by atomic mass is 16.5. The van der Waals surface area contributed by atoms with Crippen LogP contribution in [0.1, 0.15) is 19.2 Å². The van der Waals surface area contributed by atoms with Crippen molar-refractivity contribution in [3.05, 3.63) is 30.2 Å². The highest BCUT2D eigenvalue weighted by Gasteiger charge is 2.10. The maximum Gasteiger partial charge on any atom is 0.131 e. The number of ether oxygens (including phenoxy) is 2. The highest BCUT2D eigenvalue weighted by molar-refractivity contribution is 5.68. The van der Waals surface area contributed by atoms with Gasteiger partial charge in [0.05, 0.1) is 26.1 Å². The second-order valence-corrected chi connectivity index (χ2v) is 4.83. The molecule has 5 nitrogen and oxygen atoms in total. The number of benzene rings is 1. The molecule has 1 atom stereocenters. The van der Waals surface area contributed by atoms with Crippen LogP contribution in [0.25, 0.3) is 11.3 Å². The number of nitrogens with two attached hydrogens (primary N) is 1. The van der Waals surface area contributed by atoms with Gasteiger partial charge in [-0.3, -0.25) is 0 Å². The molecular weight excluding hydrogens is 254 g/mol. The Morgan fingerprint density at radius 2 is 2.10 bits per heavy atom. The number of nitrogens with one attached hydrogen (secondary N) is 1. The molecule has 1 aromatic heterocycles. The van der Waals surface area contributed by atoms with Gasteiger partial charge >= 0.3 is 0 Å². The summed E-state index contributed by atoms with van der Waals surface area (Å²) in [6.07, 6.45) is 3.57. The number of rotatable bonds is 6. The molecule has 0 amide bonds. The molecule has 0 spiro atoms. The fourth-order valence-electron chi connectivity index (χ4n) is 2.01. The van der Waals surface area contributed by atoms with E-state index in [0.29, 0.717) is 0 Å². The molecule has 0 aliphatic heterocycles. The van der Waals surface area contributed by atoms with Gasteiger partial charge in [-0.1, -0.05) is 0 Å². The summed E-state index contributed by atoms with van der Waals surface area (Å²) >= 11 is 0. The van der Waals surface area contributed by atoms with E-state index in [0.717, 1.165) is 41.4 Å². The first kappa shape index (κ1) is 14.4. The summed E-state index contributed by atoms with van der Waals surface area (Å²) in [6.45, 7) is 2.00. The van der Waals surface area contributed by atoms with Gasteiger partial charge in [0, 0.05) is 24.1 Å². The van der Waals surface area contributed by atoms with Gasteiger partial charge in [-0.05, 0) is 25.5 Å². The number of aryl methyl sites for hydroxylation is 1. The first-order chi connectivity index (χ1) is 9.63. The van der Waals surface area contributed by atoms with E-state index >= 15 is 0 Å². The van der Waals surface area contributed by atoms with Crippen molar-refractivity contribution in [2.75, 3.05) is 14.2 Å². The van der Waals surface area contributed by atoms with Gasteiger partial charge in [0.15, 0.2) is 0 Å². The van der Waals surface area contributed by atoms with Crippen LogP contribution in [0, 0.1) is 0 Å². The maximum absolute atomic E-state index is 5.76. The maximum atomic E-state index is 5.76. The zero-order valence-electron chi connectivity index (χ0n) is 12.1. The lowest BCUT2D eigenvalue weighted by Gasteiger charge is -2.08. The van der Waals surface area contributed by atoms with Crippen LogP contribution in [0.4, 0.5) is 0 Å². The second-order valence-electron chi connectivity index (χ2n) is 4.83. The third kappa shape index (κ3) is 3.30. The van der Waals surface area contributed by atoms with Crippen molar-refractivity contribution >= 4 is 0 Å². The summed E-state index contributed by atoms with van der Waals surface area (Å²) in [4.78, 5) is 7.69. The van der Waals surface area contributed by atoms with Crippen molar-refractivity contribution in [2.24, 2.45) is 5.73 Å². The van der Waals surface area contributed by atoms with Gasteiger partial charge in [0.2, 0.25) is 0 Å². The van der Waals surface area contributed by atoms with E-state index in [4.69, 9.17) is 15.2 Å². The number of H-pyrrole nitrogens is 1. The molecule has 1 aromatic carbocycles. The summed E-state index contributed by atoms with van der Waals surface area (Å²) in [7, 11) is 3.28. The SMILES string of the molecule is COc1ccc(-c2cnc(CCC(C)N)[nH]2)c(OC)c1. The smallest absolute Gasteiger partial charge is 0.131 e. The number of aromatic amines is 1. The number of hydrogen-bond donors (Lipinski definition) is 2. The molecule has 0 fully saturated rings. The molecule has 0 aliphatic carbocycles. The molecule has 2 aromatic rings. The largest absolute Gasteiger partial charge is 0.497 e. The normalized spacial score (nSPS) is 12.2. The number of aromatic nitrogens is 2. The lowest BCUT2D eigenvalue weighted by atomic mass is 10.1. The Morgan fingerprint density at radius 3 is 2.75 bits per heavy atom. The van der Waals surface area contributed by atoms with Crippen molar-refractivity contribution in [3.63, 3.8) is 0 Å². The van der Waals surface area contributed by atoms with Gasteiger partial charge in [0.25, 0.3) is 0 Å². The van der Waals surface area contributed by atoms with Crippen LogP contribution in [0.5, 0.6) is 11.5 Å². The van der Waals surface area contributed by atoms with Crippen LogP contribution in [0.15, 0.2) is 24.4 Å². The highest BCUT2D eigenvalue weighted by Crippen LogP contribution is 2.32. The number of imidazole rings is 1. The molecule has 0 bridgehead atoms. The fourth-order valence-corrected chi connectivity index (χ4v) is 2.01. The summed E-state index contributed by atoms with van der Waals surface area (Å²) in [5.74, 6) is 2.46. The predicted molar refractivity (Wildman–Crippen MR) is 79.1 cm³/mol. The van der Waals surface area contributed by atoms with Gasteiger partial charge in [-0.25, -0.2) is 4.98 Å². The molecule has 3 N–H and O–H groups in total. The molecule has 1 unspecified atom stereocenters. The average molecular weight is 275 g/mol. The standard InChI is InChI=1S/C15H21N3O2/c1-10(16)4-7-15-17-9-13(18-15)12-6-5-11(19-2)8-14(12)20-3/h5-6,8-10H,4,7,16H2,1-3H3,(H,17,18). The molecule has 0 saturated carbocycles. The molecule has 2 rings (SSSR count). The Kier molecular flexibility index (Phi) is 4.63. The van der Waals surface area contributed by atoms with Crippen molar-refractivity contribution in [1.29, 1.82) is 0 Å². The van der Waals surface area contributed by atoms with Crippen LogP contribution in [0.3, 0.4) is 0 Å². The zero-order valence-corrected chi connectivity index (χ0v) is 12.1. The Labute approximate surface area is 119 Å². The summed E-state index contributed by atoms with van der Waals surface area (Å²) < 4.78 is 10.6. The Hall–Kier alpha value is -2.01. The lowest BCUT2D eigenvalue weighted by molar-refractivity contribution is 0.395. The van der Waals surface area contributed by atoms with Crippen molar-refractivity contribution in [2.45, 2.75) is 25.8 Å². The van der Waals surface area contributed by atoms with E-state index in [1.54, 1.807) is 14.2 Å². The van der Waals surface area contributed by atoms with Gasteiger partial charge in [-0.15, -0.1) is 0 Å². The van der Waals surface area contributed by atoms with Gasteiger partial charge < -0.3 is 20.2 Å². The van der Waals surface area contributed by atoms with Crippen LogP contribution < -0.4 is 15.2 Å². The molecule has 1 heterocycles. The molecule has 0 saturated heterocycles. The minimum atomic E-state index is 0.180. The predicted octanol–water partition coefficient (Wildman–Crippen LogP) is 2.37. The molecule has 0 aliphatic rings. The van der Waals surface area contributed by atoms with Gasteiger partial charge in [0.1, 0.15) is 17.3 Å². The number of hydrogen-bond acceptors (Lipinski definition) is 4. The molecule has 0 radical (unpaired) electrons. The molecule has 20 heavy (non-hydrogen) atoms. The van der Waals surface area contributed by atoms with Crippen molar-refractivity contribution < 1.29 is 9.47 Å². The van der Waals surface area contributed by atoms with E-state index in [2.05, 4.69) is 9.97 Å². The molecular formula is C15H21N3O2. The molecule has 108 valence electrons. The zero-order chi connectivity index (χ0) is 14.5. The molecule has 5 heteroatoms. The summed E-state index contributed by atoms with van der Waals surface area (Å²) in [5.41, 5.74) is 7.66. The topological polar surface area (TPSA) is 73.2 Å². The third-order valence-electron chi connectivity index (χ3n) is 3.16. The number of nitrogens with zero attached hydrogens (tertiary/aromatic N) is 1. The van der Waals surface area contributed by atoms with Crippen molar-refractivity contribution in [1.82, 2.24) is 9.97 Å². The van der Waals surface area contributed by atoms with Crippen molar-refractivity contribution in [3.8, 4) is 22.8 Å². The quantitative estimate of drug-likeness (QED) is 0.849. The summed E-state index contributed by atoms with van der Waals surface area (Å²) in [6, 6.07) is 5.90. The number of methoxy groups -OCH3 is 2. The minimum Gasteiger partial charge on any atom is -0.497 e. The lowest BCUT2D eigenvalue weighted by Crippen LogP contribution is -2.15. The van der Waals surface area contributed by atoms with E-state index in [-0.39, 0.29) is 6.04 Å². The minimum absolute atomic E-state index is 0.180. The van der Waals surface area contributed by atoms with Crippen LogP contribution in [-0.4, -0.2) is 30.2 Å². The van der Waals surface area contributed by atoms with E-state index in [1.807, 2.05) is 31.3 Å². The first-order valence-corrected chi connectivity index (χ1v) is 6.66. The first-order valence-electron chi connectivity index (χ1n) is 6.66. The van der Waals surface area contributed by atoms with Crippen LogP contribution >= 0.6 is 0 Å². The van der Waals surface area contributed by atoms with Crippen LogP contribution in [-0.2, 0) is 6.42 Å². The van der Waals surface area contributed by atoms with Gasteiger partial charge in [-0.2, -0.15) is 0 Å². The van der Waals surface area contributed by atoms with E-state index in [9.17, 15) is 0 Å². The Bertz CT molecular complexity index is 564.